The van der Waals surface area contributed by atoms with E-state index in [9.17, 15) is 0 Å². The van der Waals surface area contributed by atoms with Crippen LogP contribution in [-0.2, 0) is 5.54 Å². The molecule has 5 heteroatoms. The average molecular weight is 350 g/mol. The number of nitrogens with zero attached hydrogens (tertiary/aromatic N) is 2. The van der Waals surface area contributed by atoms with Crippen molar-refractivity contribution < 1.29 is 4.52 Å². The van der Waals surface area contributed by atoms with Gasteiger partial charge in [-0.25, -0.2) is 0 Å². The van der Waals surface area contributed by atoms with Crippen molar-refractivity contribution in [2.45, 2.75) is 45.1 Å². The lowest BCUT2D eigenvalue weighted by Gasteiger charge is -2.33. The van der Waals surface area contributed by atoms with Crippen LogP contribution in [0.2, 0.25) is 0 Å². The molecule has 0 atom stereocenters. The van der Waals surface area contributed by atoms with E-state index in [4.69, 9.17) is 10.3 Å². The number of hydrogen-bond donors (Lipinski definition) is 1. The van der Waals surface area contributed by atoms with Gasteiger partial charge in [-0.2, -0.15) is 4.98 Å². The molecule has 0 saturated heterocycles. The van der Waals surface area contributed by atoms with Gasteiger partial charge < -0.3 is 10.3 Å². The molecule has 1 aromatic carbocycles. The molecule has 1 aromatic heterocycles. The Hall–Kier alpha value is -1.20. The normalized spacial score (nSPS) is 26.0. The van der Waals surface area contributed by atoms with Crippen molar-refractivity contribution in [3.8, 4) is 11.5 Å². The lowest BCUT2D eigenvalue weighted by Crippen LogP contribution is -2.41. The maximum atomic E-state index is 6.50. The van der Waals surface area contributed by atoms with Gasteiger partial charge in [-0.15, -0.1) is 0 Å². The Morgan fingerprint density at radius 3 is 2.71 bits per heavy atom. The number of hydrogen-bond acceptors (Lipinski definition) is 4. The largest absolute Gasteiger partial charge is 0.334 e. The number of rotatable bonds is 2. The third kappa shape index (κ3) is 2.90. The molecule has 21 heavy (non-hydrogen) atoms. The summed E-state index contributed by atoms with van der Waals surface area (Å²) in [5, 5.41) is 4.14. The van der Waals surface area contributed by atoms with Gasteiger partial charge in [0.25, 0.3) is 5.89 Å². The van der Waals surface area contributed by atoms with Crippen LogP contribution in [0.15, 0.2) is 27.2 Å². The SMILES string of the molecule is Cc1cc(-c2nc(C3(N)CCC(C)CC3)no2)ccc1Br. The highest BCUT2D eigenvalue weighted by atomic mass is 79.9. The molecule has 1 fully saturated rings. The van der Waals surface area contributed by atoms with E-state index in [1.807, 2.05) is 25.1 Å². The summed E-state index contributed by atoms with van der Waals surface area (Å²) in [6, 6.07) is 6.00. The molecule has 1 heterocycles. The molecule has 4 nitrogen and oxygen atoms in total. The van der Waals surface area contributed by atoms with Crippen LogP contribution in [0, 0.1) is 12.8 Å². The van der Waals surface area contributed by atoms with Crippen molar-refractivity contribution in [1.29, 1.82) is 0 Å². The first-order valence-electron chi connectivity index (χ1n) is 7.37. The van der Waals surface area contributed by atoms with E-state index < -0.39 is 5.54 Å². The van der Waals surface area contributed by atoms with Crippen LogP contribution < -0.4 is 5.73 Å². The van der Waals surface area contributed by atoms with Crippen LogP contribution in [0.5, 0.6) is 0 Å². The number of benzene rings is 1. The van der Waals surface area contributed by atoms with Crippen molar-refractivity contribution in [2.75, 3.05) is 0 Å². The third-order valence-electron chi connectivity index (χ3n) is 4.44. The van der Waals surface area contributed by atoms with E-state index >= 15 is 0 Å². The average Bonchev–Trinajstić information content (AvgIpc) is 2.96. The Labute approximate surface area is 133 Å². The Bertz CT molecular complexity index is 645. The van der Waals surface area contributed by atoms with Crippen LogP contribution in [-0.4, -0.2) is 10.1 Å². The van der Waals surface area contributed by atoms with Crippen molar-refractivity contribution in [3.05, 3.63) is 34.1 Å². The van der Waals surface area contributed by atoms with Crippen molar-refractivity contribution in [2.24, 2.45) is 11.7 Å². The maximum Gasteiger partial charge on any atom is 0.258 e. The summed E-state index contributed by atoms with van der Waals surface area (Å²) < 4.78 is 6.51. The summed E-state index contributed by atoms with van der Waals surface area (Å²) in [5.74, 6) is 1.93. The fourth-order valence-corrected chi connectivity index (χ4v) is 3.07. The predicted molar refractivity (Wildman–Crippen MR) is 85.7 cm³/mol. The third-order valence-corrected chi connectivity index (χ3v) is 5.33. The lowest BCUT2D eigenvalue weighted by molar-refractivity contribution is 0.230. The molecule has 3 rings (SSSR count). The number of halogens is 1. The minimum atomic E-state index is -0.432. The molecule has 112 valence electrons. The van der Waals surface area contributed by atoms with Crippen LogP contribution in [0.4, 0.5) is 0 Å². The molecule has 0 unspecified atom stereocenters. The summed E-state index contributed by atoms with van der Waals surface area (Å²) in [6.45, 7) is 4.31. The van der Waals surface area contributed by atoms with Gasteiger partial charge in [0.2, 0.25) is 0 Å². The summed E-state index contributed by atoms with van der Waals surface area (Å²) in [4.78, 5) is 4.55. The first-order chi connectivity index (χ1) is 9.98. The number of aryl methyl sites for hydroxylation is 1. The predicted octanol–water partition coefficient (Wildman–Crippen LogP) is 4.17. The zero-order valence-electron chi connectivity index (χ0n) is 12.4. The second-order valence-electron chi connectivity index (χ2n) is 6.23. The zero-order valence-corrected chi connectivity index (χ0v) is 14.0. The molecule has 1 aliphatic carbocycles. The molecule has 2 N–H and O–H groups in total. The fraction of sp³-hybridized carbons (Fsp3) is 0.500. The van der Waals surface area contributed by atoms with Gasteiger partial charge in [0.05, 0.1) is 5.54 Å². The van der Waals surface area contributed by atoms with Gasteiger partial charge in [-0.3, -0.25) is 0 Å². The van der Waals surface area contributed by atoms with Crippen molar-refractivity contribution in [1.82, 2.24) is 10.1 Å². The van der Waals surface area contributed by atoms with Gasteiger partial charge in [0.15, 0.2) is 5.82 Å². The number of aromatic nitrogens is 2. The zero-order chi connectivity index (χ0) is 15.0. The van der Waals surface area contributed by atoms with E-state index in [0.717, 1.165) is 47.2 Å². The molecule has 1 aliphatic rings. The van der Waals surface area contributed by atoms with Gasteiger partial charge in [0, 0.05) is 10.0 Å². The van der Waals surface area contributed by atoms with Crippen molar-refractivity contribution in [3.63, 3.8) is 0 Å². The Morgan fingerprint density at radius 2 is 2.05 bits per heavy atom. The standard InChI is InChI=1S/C16H20BrN3O/c1-10-5-7-16(18,8-6-10)15-19-14(21-20-15)12-3-4-13(17)11(2)9-12/h3-4,9-10H,5-8,18H2,1-2H3. The van der Waals surface area contributed by atoms with Gasteiger partial charge in [-0.05, 0) is 62.3 Å². The Balaban J connectivity index is 1.87. The molecule has 1 saturated carbocycles. The second-order valence-corrected chi connectivity index (χ2v) is 7.08. The second kappa shape index (κ2) is 5.54. The molecule has 2 aromatic rings. The first kappa shape index (κ1) is 14.7. The van der Waals surface area contributed by atoms with Crippen LogP contribution in [0.25, 0.3) is 11.5 Å². The minimum Gasteiger partial charge on any atom is -0.334 e. The molecule has 0 aliphatic heterocycles. The topological polar surface area (TPSA) is 64.9 Å². The van der Waals surface area contributed by atoms with Crippen LogP contribution in [0.1, 0.15) is 44.0 Å². The summed E-state index contributed by atoms with van der Waals surface area (Å²) in [6.07, 6.45) is 4.09. The smallest absolute Gasteiger partial charge is 0.258 e. The number of nitrogens with two attached hydrogens (primary N) is 1. The van der Waals surface area contributed by atoms with Gasteiger partial charge >= 0.3 is 0 Å². The minimum absolute atomic E-state index is 0.432. The Morgan fingerprint density at radius 1 is 1.33 bits per heavy atom. The summed E-state index contributed by atoms with van der Waals surface area (Å²) in [5.41, 5.74) is 8.14. The first-order valence-corrected chi connectivity index (χ1v) is 8.17. The van der Waals surface area contributed by atoms with Crippen LogP contribution in [0.3, 0.4) is 0 Å². The summed E-state index contributed by atoms with van der Waals surface area (Å²) in [7, 11) is 0. The highest BCUT2D eigenvalue weighted by Crippen LogP contribution is 2.36. The Kier molecular flexibility index (Phi) is 3.88. The fourth-order valence-electron chi connectivity index (χ4n) is 2.82. The van der Waals surface area contributed by atoms with E-state index in [0.29, 0.717) is 11.7 Å². The molecule has 0 amide bonds. The van der Waals surface area contributed by atoms with E-state index in [-0.39, 0.29) is 0 Å². The quantitative estimate of drug-likeness (QED) is 0.883. The molecular formula is C16H20BrN3O. The van der Waals surface area contributed by atoms with Crippen molar-refractivity contribution >= 4 is 15.9 Å². The molecule has 0 bridgehead atoms. The molecule has 0 radical (unpaired) electrons. The van der Waals surface area contributed by atoms with E-state index in [1.165, 1.54) is 0 Å². The highest BCUT2D eigenvalue weighted by Gasteiger charge is 2.36. The monoisotopic (exact) mass is 349 g/mol. The van der Waals surface area contributed by atoms with Crippen LogP contribution >= 0.6 is 15.9 Å². The maximum absolute atomic E-state index is 6.50. The van der Waals surface area contributed by atoms with Gasteiger partial charge in [-0.1, -0.05) is 28.0 Å². The highest BCUT2D eigenvalue weighted by molar-refractivity contribution is 9.10. The summed E-state index contributed by atoms with van der Waals surface area (Å²) >= 11 is 3.50. The molecular weight excluding hydrogens is 330 g/mol. The van der Waals surface area contributed by atoms with Gasteiger partial charge in [0.1, 0.15) is 0 Å². The van der Waals surface area contributed by atoms with E-state index in [2.05, 4.69) is 33.0 Å². The lowest BCUT2D eigenvalue weighted by atomic mass is 9.77. The molecule has 0 spiro atoms. The van der Waals surface area contributed by atoms with E-state index in [1.54, 1.807) is 0 Å².